The number of carbonyl (C=O) groups is 1. The van der Waals surface area contributed by atoms with Gasteiger partial charge in [-0.05, 0) is 39.5 Å². The predicted molar refractivity (Wildman–Crippen MR) is 86.4 cm³/mol. The largest absolute Gasteiger partial charge is 0.396 e. The van der Waals surface area contributed by atoms with Crippen LogP contribution in [-0.2, 0) is 15.1 Å². The number of amides is 1. The maximum atomic E-state index is 13.0. The molecule has 0 saturated carbocycles. The molecule has 0 spiro atoms. The van der Waals surface area contributed by atoms with Gasteiger partial charge in [-0.25, -0.2) is 0 Å². The van der Waals surface area contributed by atoms with Gasteiger partial charge < -0.3 is 15.4 Å². The molecule has 2 rings (SSSR count). The van der Waals surface area contributed by atoms with Crippen LogP contribution in [0.1, 0.15) is 46.5 Å². The summed E-state index contributed by atoms with van der Waals surface area (Å²) in [6.45, 7) is 8.04. The number of carbonyl (C=O) groups excluding carboxylic acids is 1. The van der Waals surface area contributed by atoms with Crippen LogP contribution in [0.4, 0.5) is 5.69 Å². The number of nitrogen functional groups attached to an aromatic ring is 1. The average molecular weight is 308 g/mol. The molecule has 1 fully saturated rings. The van der Waals surface area contributed by atoms with Gasteiger partial charge in [-0.3, -0.25) is 9.48 Å². The van der Waals surface area contributed by atoms with Crippen LogP contribution >= 0.6 is 0 Å². The topological polar surface area (TPSA) is 73.4 Å². The molecule has 6 nitrogen and oxygen atoms in total. The Hall–Kier alpha value is -1.56. The van der Waals surface area contributed by atoms with Crippen LogP contribution in [0.25, 0.3) is 0 Å². The Balaban J connectivity index is 2.10. The van der Waals surface area contributed by atoms with Gasteiger partial charge >= 0.3 is 0 Å². The number of rotatable bonds is 6. The van der Waals surface area contributed by atoms with E-state index in [2.05, 4.69) is 12.0 Å². The van der Waals surface area contributed by atoms with E-state index in [0.717, 1.165) is 32.4 Å². The Morgan fingerprint density at radius 2 is 2.32 bits per heavy atom. The molecule has 22 heavy (non-hydrogen) atoms. The summed E-state index contributed by atoms with van der Waals surface area (Å²) >= 11 is 0. The molecule has 1 amide bonds. The molecule has 1 saturated heterocycles. The van der Waals surface area contributed by atoms with Crippen LogP contribution in [0.15, 0.2) is 12.4 Å². The zero-order chi connectivity index (χ0) is 16.2. The van der Waals surface area contributed by atoms with Crippen molar-refractivity contribution in [2.75, 3.05) is 25.4 Å². The van der Waals surface area contributed by atoms with E-state index in [1.54, 1.807) is 17.1 Å². The first-order valence-corrected chi connectivity index (χ1v) is 8.16. The third-order valence-corrected chi connectivity index (χ3v) is 4.18. The van der Waals surface area contributed by atoms with Gasteiger partial charge in [-0.1, -0.05) is 6.92 Å². The fourth-order valence-electron chi connectivity index (χ4n) is 2.87. The summed E-state index contributed by atoms with van der Waals surface area (Å²) in [5, 5.41) is 4.21. The van der Waals surface area contributed by atoms with Crippen LogP contribution < -0.4 is 5.73 Å². The molecule has 1 aromatic rings. The van der Waals surface area contributed by atoms with Gasteiger partial charge in [0.05, 0.1) is 18.0 Å². The molecule has 1 aliphatic heterocycles. The molecule has 124 valence electrons. The van der Waals surface area contributed by atoms with E-state index in [9.17, 15) is 4.79 Å². The zero-order valence-corrected chi connectivity index (χ0v) is 13.9. The maximum absolute atomic E-state index is 13.0. The van der Waals surface area contributed by atoms with Crippen molar-refractivity contribution in [2.45, 2.75) is 58.1 Å². The highest BCUT2D eigenvalue weighted by Gasteiger charge is 2.35. The molecule has 2 N–H and O–H groups in total. The van der Waals surface area contributed by atoms with Crippen molar-refractivity contribution in [3.05, 3.63) is 12.4 Å². The van der Waals surface area contributed by atoms with Crippen LogP contribution in [-0.4, -0.2) is 46.4 Å². The fourth-order valence-corrected chi connectivity index (χ4v) is 2.87. The molecule has 6 heteroatoms. The second-order valence-corrected chi connectivity index (χ2v) is 6.52. The SMILES string of the molecule is CCCN(CC1CCCCO1)C(=O)C(C)(C)n1cc(N)cn1. The summed E-state index contributed by atoms with van der Waals surface area (Å²) in [4.78, 5) is 14.9. The van der Waals surface area contributed by atoms with Gasteiger partial charge in [0.25, 0.3) is 0 Å². The monoisotopic (exact) mass is 308 g/mol. The molecule has 0 bridgehead atoms. The lowest BCUT2D eigenvalue weighted by atomic mass is 10.0. The van der Waals surface area contributed by atoms with Crippen molar-refractivity contribution in [2.24, 2.45) is 0 Å². The summed E-state index contributed by atoms with van der Waals surface area (Å²) in [6, 6.07) is 0. The molecule has 1 aliphatic rings. The smallest absolute Gasteiger partial charge is 0.250 e. The maximum Gasteiger partial charge on any atom is 0.250 e. The predicted octanol–water partition coefficient (Wildman–Crippen LogP) is 2.01. The standard InChI is InChI=1S/C16H28N4O2/c1-4-8-19(12-14-7-5-6-9-22-14)15(21)16(2,3)20-11-13(17)10-18-20/h10-11,14H,4-9,12,17H2,1-3H3. The highest BCUT2D eigenvalue weighted by atomic mass is 16.5. The van der Waals surface area contributed by atoms with E-state index in [1.807, 2.05) is 18.7 Å². The van der Waals surface area contributed by atoms with E-state index in [1.165, 1.54) is 6.42 Å². The molecular weight excluding hydrogens is 280 g/mol. The number of nitrogens with zero attached hydrogens (tertiary/aromatic N) is 3. The van der Waals surface area contributed by atoms with E-state index in [0.29, 0.717) is 12.2 Å². The third kappa shape index (κ3) is 3.80. The molecule has 1 unspecified atom stereocenters. The van der Waals surface area contributed by atoms with Crippen LogP contribution in [0.2, 0.25) is 0 Å². The van der Waals surface area contributed by atoms with Crippen molar-refractivity contribution in [1.82, 2.24) is 14.7 Å². The minimum Gasteiger partial charge on any atom is -0.396 e. The summed E-state index contributed by atoms with van der Waals surface area (Å²) in [6.07, 6.45) is 7.69. The summed E-state index contributed by atoms with van der Waals surface area (Å²) in [5.74, 6) is 0.0617. The van der Waals surface area contributed by atoms with Gasteiger partial charge in [0.15, 0.2) is 0 Å². The highest BCUT2D eigenvalue weighted by molar-refractivity contribution is 5.83. The second-order valence-electron chi connectivity index (χ2n) is 6.52. The van der Waals surface area contributed by atoms with Gasteiger partial charge in [-0.2, -0.15) is 5.10 Å². The third-order valence-electron chi connectivity index (χ3n) is 4.18. The molecule has 1 atom stereocenters. The van der Waals surface area contributed by atoms with Crippen molar-refractivity contribution in [1.29, 1.82) is 0 Å². The number of hydrogen-bond donors (Lipinski definition) is 1. The van der Waals surface area contributed by atoms with Crippen molar-refractivity contribution < 1.29 is 9.53 Å². The number of aromatic nitrogens is 2. The summed E-state index contributed by atoms with van der Waals surface area (Å²) in [7, 11) is 0. The Kier molecular flexibility index (Phi) is 5.45. The number of hydrogen-bond acceptors (Lipinski definition) is 4. The van der Waals surface area contributed by atoms with Crippen LogP contribution in [0.5, 0.6) is 0 Å². The quantitative estimate of drug-likeness (QED) is 0.872. The Labute approximate surface area is 132 Å². The van der Waals surface area contributed by atoms with Crippen molar-refractivity contribution in [3.63, 3.8) is 0 Å². The van der Waals surface area contributed by atoms with Gasteiger partial charge in [0, 0.05) is 25.9 Å². The first-order valence-electron chi connectivity index (χ1n) is 8.16. The molecule has 0 aliphatic carbocycles. The second kappa shape index (κ2) is 7.13. The number of nitrogens with two attached hydrogens (primary N) is 1. The van der Waals surface area contributed by atoms with Crippen LogP contribution in [0, 0.1) is 0 Å². The van der Waals surface area contributed by atoms with Gasteiger partial charge in [0.2, 0.25) is 5.91 Å². The molecule has 2 heterocycles. The van der Waals surface area contributed by atoms with Gasteiger partial charge in [0.1, 0.15) is 5.54 Å². The van der Waals surface area contributed by atoms with Crippen molar-refractivity contribution >= 4 is 11.6 Å². The fraction of sp³-hybridized carbons (Fsp3) is 0.750. The van der Waals surface area contributed by atoms with E-state index in [4.69, 9.17) is 10.5 Å². The first-order chi connectivity index (χ1) is 10.4. The minimum atomic E-state index is -0.749. The van der Waals surface area contributed by atoms with Crippen LogP contribution in [0.3, 0.4) is 0 Å². The highest BCUT2D eigenvalue weighted by Crippen LogP contribution is 2.21. The summed E-state index contributed by atoms with van der Waals surface area (Å²) < 4.78 is 7.44. The molecule has 0 radical (unpaired) electrons. The zero-order valence-electron chi connectivity index (χ0n) is 13.9. The van der Waals surface area contributed by atoms with Gasteiger partial charge in [-0.15, -0.1) is 0 Å². The summed E-state index contributed by atoms with van der Waals surface area (Å²) in [5.41, 5.74) is 5.55. The lowest BCUT2D eigenvalue weighted by molar-refractivity contribution is -0.142. The van der Waals surface area contributed by atoms with E-state index >= 15 is 0 Å². The Bertz CT molecular complexity index is 492. The first kappa shape index (κ1) is 16.8. The molecular formula is C16H28N4O2. The van der Waals surface area contributed by atoms with E-state index in [-0.39, 0.29) is 12.0 Å². The number of ether oxygens (including phenoxy) is 1. The minimum absolute atomic E-state index is 0.0617. The average Bonchev–Trinajstić information content (AvgIpc) is 2.94. The lowest BCUT2D eigenvalue weighted by Gasteiger charge is -2.35. The van der Waals surface area contributed by atoms with E-state index < -0.39 is 5.54 Å². The van der Waals surface area contributed by atoms with Crippen molar-refractivity contribution in [3.8, 4) is 0 Å². The number of anilines is 1. The Morgan fingerprint density at radius 3 is 2.86 bits per heavy atom. The normalized spacial score (nSPS) is 19.1. The lowest BCUT2D eigenvalue weighted by Crippen LogP contribution is -2.50. The molecule has 0 aromatic carbocycles. The molecule has 1 aromatic heterocycles. The Morgan fingerprint density at radius 1 is 1.55 bits per heavy atom.